The molecule has 1 aromatic heterocycles. The Morgan fingerprint density at radius 3 is 2.46 bits per heavy atom. The topological polar surface area (TPSA) is 40.7 Å². The molecule has 124 valence electrons. The number of aromatic nitrogens is 2. The molecule has 1 heterocycles. The predicted octanol–water partition coefficient (Wildman–Crippen LogP) is 3.90. The molecule has 0 aliphatic heterocycles. The highest BCUT2D eigenvalue weighted by Crippen LogP contribution is 2.25. The summed E-state index contributed by atoms with van der Waals surface area (Å²) in [4.78, 5) is 0. The Bertz CT molecular complexity index is 783. The van der Waals surface area contributed by atoms with Gasteiger partial charge in [0.15, 0.2) is 11.6 Å². The Morgan fingerprint density at radius 2 is 1.83 bits per heavy atom. The maximum atomic E-state index is 13.4. The smallest absolute Gasteiger partial charge is 0.159 e. The minimum absolute atomic E-state index is 0.179. The number of aromatic amines is 1. The second-order valence-electron chi connectivity index (χ2n) is 5.82. The fourth-order valence-corrected chi connectivity index (χ4v) is 2.86. The van der Waals surface area contributed by atoms with E-state index in [2.05, 4.69) is 27.6 Å². The molecule has 24 heavy (non-hydrogen) atoms. The van der Waals surface area contributed by atoms with Crippen LogP contribution in [0.4, 0.5) is 8.78 Å². The molecular formula is C19H19F2N3. The van der Waals surface area contributed by atoms with E-state index in [9.17, 15) is 8.78 Å². The maximum Gasteiger partial charge on any atom is 0.159 e. The van der Waals surface area contributed by atoms with E-state index in [1.807, 2.05) is 25.4 Å². The van der Waals surface area contributed by atoms with E-state index in [4.69, 9.17) is 0 Å². The molecule has 3 rings (SSSR count). The Morgan fingerprint density at radius 1 is 1.04 bits per heavy atom. The third-order valence-corrected chi connectivity index (χ3v) is 4.13. The molecule has 0 aliphatic carbocycles. The van der Waals surface area contributed by atoms with E-state index in [1.165, 1.54) is 12.1 Å². The lowest BCUT2D eigenvalue weighted by atomic mass is 9.91. The molecule has 5 heteroatoms. The van der Waals surface area contributed by atoms with Gasteiger partial charge in [-0.15, -0.1) is 0 Å². The molecule has 0 aliphatic rings. The van der Waals surface area contributed by atoms with Crippen LogP contribution < -0.4 is 5.32 Å². The summed E-state index contributed by atoms with van der Waals surface area (Å²) < 4.78 is 26.5. The van der Waals surface area contributed by atoms with E-state index in [-0.39, 0.29) is 5.92 Å². The fourth-order valence-electron chi connectivity index (χ4n) is 2.86. The largest absolute Gasteiger partial charge is 0.319 e. The molecule has 0 bridgehead atoms. The van der Waals surface area contributed by atoms with Crippen molar-refractivity contribution in [1.29, 1.82) is 0 Å². The molecule has 0 saturated heterocycles. The van der Waals surface area contributed by atoms with Crippen molar-refractivity contribution in [1.82, 2.24) is 15.5 Å². The Hall–Kier alpha value is -2.53. The van der Waals surface area contributed by atoms with Gasteiger partial charge in [-0.3, -0.25) is 5.10 Å². The lowest BCUT2D eigenvalue weighted by Gasteiger charge is -2.18. The first-order chi connectivity index (χ1) is 11.7. The number of benzene rings is 2. The average molecular weight is 327 g/mol. The van der Waals surface area contributed by atoms with Crippen LogP contribution in [-0.4, -0.2) is 23.8 Å². The van der Waals surface area contributed by atoms with Crippen molar-refractivity contribution >= 4 is 0 Å². The summed E-state index contributed by atoms with van der Waals surface area (Å²) in [7, 11) is 1.89. The number of hydrogen-bond acceptors (Lipinski definition) is 2. The van der Waals surface area contributed by atoms with Crippen molar-refractivity contribution in [3.63, 3.8) is 0 Å². The Kier molecular flexibility index (Phi) is 5.01. The van der Waals surface area contributed by atoms with Gasteiger partial charge in [-0.05, 0) is 42.3 Å². The zero-order valence-corrected chi connectivity index (χ0v) is 13.4. The molecule has 0 saturated carbocycles. The van der Waals surface area contributed by atoms with Crippen LogP contribution in [0, 0.1) is 11.6 Å². The van der Waals surface area contributed by atoms with Crippen LogP contribution in [0.2, 0.25) is 0 Å². The van der Waals surface area contributed by atoms with Crippen LogP contribution in [0.5, 0.6) is 0 Å². The monoisotopic (exact) mass is 327 g/mol. The van der Waals surface area contributed by atoms with Gasteiger partial charge in [0.1, 0.15) is 0 Å². The highest BCUT2D eigenvalue weighted by Gasteiger charge is 2.13. The van der Waals surface area contributed by atoms with Crippen molar-refractivity contribution < 1.29 is 8.78 Å². The Labute approximate surface area is 139 Å². The second-order valence-corrected chi connectivity index (χ2v) is 5.82. The van der Waals surface area contributed by atoms with Crippen LogP contribution in [0.15, 0.2) is 54.9 Å². The number of halogens is 2. The van der Waals surface area contributed by atoms with Gasteiger partial charge >= 0.3 is 0 Å². The normalized spacial score (nSPS) is 12.3. The van der Waals surface area contributed by atoms with Gasteiger partial charge in [-0.2, -0.15) is 5.10 Å². The summed E-state index contributed by atoms with van der Waals surface area (Å²) in [5, 5.41) is 9.93. The van der Waals surface area contributed by atoms with Crippen LogP contribution in [0.1, 0.15) is 17.0 Å². The van der Waals surface area contributed by atoms with Gasteiger partial charge in [0.2, 0.25) is 0 Å². The number of hydrogen-bond donors (Lipinski definition) is 2. The number of likely N-dealkylation sites (N-methyl/N-ethyl adjacent to an activating group) is 1. The minimum Gasteiger partial charge on any atom is -0.319 e. The number of H-pyrrole nitrogens is 1. The average Bonchev–Trinajstić information content (AvgIpc) is 3.12. The number of nitrogens with zero attached hydrogens (tertiary/aromatic N) is 1. The van der Waals surface area contributed by atoms with Gasteiger partial charge < -0.3 is 5.32 Å². The summed E-state index contributed by atoms with van der Waals surface area (Å²) in [6, 6.07) is 12.3. The first-order valence-corrected chi connectivity index (χ1v) is 7.85. The third kappa shape index (κ3) is 3.68. The molecule has 0 radical (unpaired) electrons. The van der Waals surface area contributed by atoms with Crippen molar-refractivity contribution in [3.05, 3.63) is 77.6 Å². The van der Waals surface area contributed by atoms with Crippen LogP contribution in [-0.2, 0) is 6.42 Å². The summed E-state index contributed by atoms with van der Waals surface area (Å²) in [6.45, 7) is 0.754. The maximum absolute atomic E-state index is 13.4. The molecule has 0 fully saturated rings. The predicted molar refractivity (Wildman–Crippen MR) is 90.8 cm³/mol. The minimum atomic E-state index is -0.812. The van der Waals surface area contributed by atoms with Gasteiger partial charge in [-0.1, -0.05) is 30.3 Å². The summed E-state index contributed by atoms with van der Waals surface area (Å²) >= 11 is 0. The number of nitrogens with one attached hydrogen (secondary N) is 2. The standard InChI is InChI=1S/C19H19F2N3/c1-22-10-16(8-13-2-7-18(20)19(21)9-13)14-3-5-15(6-4-14)17-11-23-24-12-17/h2-7,9,11-12,16,22H,8,10H2,1H3,(H,23,24). The Balaban J connectivity index is 1.80. The third-order valence-electron chi connectivity index (χ3n) is 4.13. The van der Waals surface area contributed by atoms with Crippen molar-refractivity contribution in [2.24, 2.45) is 0 Å². The fraction of sp³-hybridized carbons (Fsp3) is 0.211. The molecule has 0 spiro atoms. The highest BCUT2D eigenvalue weighted by molar-refractivity contribution is 5.61. The van der Waals surface area contributed by atoms with E-state index in [1.54, 1.807) is 12.3 Å². The summed E-state index contributed by atoms with van der Waals surface area (Å²) in [6.07, 6.45) is 4.27. The van der Waals surface area contributed by atoms with Crippen LogP contribution in [0.3, 0.4) is 0 Å². The molecule has 1 unspecified atom stereocenters. The molecule has 3 nitrogen and oxygen atoms in total. The van der Waals surface area contributed by atoms with Crippen molar-refractivity contribution in [2.45, 2.75) is 12.3 Å². The summed E-state index contributed by atoms with van der Waals surface area (Å²) in [5.41, 5.74) is 4.06. The second kappa shape index (κ2) is 7.36. The van der Waals surface area contributed by atoms with E-state index < -0.39 is 11.6 Å². The van der Waals surface area contributed by atoms with Gasteiger partial charge in [-0.25, -0.2) is 8.78 Å². The highest BCUT2D eigenvalue weighted by atomic mass is 19.2. The number of rotatable bonds is 6. The van der Waals surface area contributed by atoms with Crippen molar-refractivity contribution in [2.75, 3.05) is 13.6 Å². The SMILES string of the molecule is CNCC(Cc1ccc(F)c(F)c1)c1ccc(-c2cn[nH]c2)cc1. The van der Waals surface area contributed by atoms with Crippen molar-refractivity contribution in [3.8, 4) is 11.1 Å². The zero-order valence-electron chi connectivity index (χ0n) is 13.4. The van der Waals surface area contributed by atoms with Gasteiger partial charge in [0, 0.05) is 24.2 Å². The molecule has 0 amide bonds. The van der Waals surface area contributed by atoms with Crippen LogP contribution >= 0.6 is 0 Å². The first-order valence-electron chi connectivity index (χ1n) is 7.85. The lowest BCUT2D eigenvalue weighted by molar-refractivity contribution is 0.505. The zero-order chi connectivity index (χ0) is 16.9. The van der Waals surface area contributed by atoms with Gasteiger partial charge in [0.05, 0.1) is 6.20 Å². The molecule has 2 N–H and O–H groups in total. The molecule has 2 aromatic carbocycles. The van der Waals surface area contributed by atoms with E-state index in [0.29, 0.717) is 6.42 Å². The van der Waals surface area contributed by atoms with Gasteiger partial charge in [0.25, 0.3) is 0 Å². The first kappa shape index (κ1) is 16.3. The molecule has 3 aromatic rings. The molecular weight excluding hydrogens is 308 g/mol. The van der Waals surface area contributed by atoms with Crippen LogP contribution in [0.25, 0.3) is 11.1 Å². The lowest BCUT2D eigenvalue weighted by Crippen LogP contribution is -2.19. The molecule has 1 atom stereocenters. The van der Waals surface area contributed by atoms with E-state index >= 15 is 0 Å². The quantitative estimate of drug-likeness (QED) is 0.721. The summed E-state index contributed by atoms with van der Waals surface area (Å²) in [5.74, 6) is -1.43. The van der Waals surface area contributed by atoms with E-state index in [0.717, 1.165) is 28.8 Å².